The van der Waals surface area contributed by atoms with Crippen LogP contribution in [0.4, 0.5) is 11.4 Å². The Balaban J connectivity index is 1.45. The van der Waals surface area contributed by atoms with Crippen molar-refractivity contribution < 1.29 is 4.79 Å². The normalized spacial score (nSPS) is 12.9. The fourth-order valence-electron chi connectivity index (χ4n) is 3.46. The Kier molecular flexibility index (Phi) is 5.29. The zero-order valence-electron chi connectivity index (χ0n) is 15.9. The van der Waals surface area contributed by atoms with E-state index >= 15 is 0 Å². The van der Waals surface area contributed by atoms with Crippen LogP contribution in [0.25, 0.3) is 11.4 Å². The van der Waals surface area contributed by atoms with E-state index in [1.165, 1.54) is 17.3 Å². The lowest BCUT2D eigenvalue weighted by molar-refractivity contribution is -0.113. The molecule has 0 spiro atoms. The third-order valence-corrected chi connectivity index (χ3v) is 5.76. The van der Waals surface area contributed by atoms with Gasteiger partial charge in [-0.05, 0) is 37.1 Å². The summed E-state index contributed by atoms with van der Waals surface area (Å²) in [7, 11) is 2.06. The lowest BCUT2D eigenvalue weighted by Crippen LogP contribution is -2.19. The number of hydrogen-bond donors (Lipinski definition) is 1. The maximum Gasteiger partial charge on any atom is 0.234 e. The Morgan fingerprint density at radius 2 is 2.04 bits per heavy atom. The molecule has 0 saturated carbocycles. The minimum absolute atomic E-state index is 0.0465. The number of carbonyl (C=O) groups excluding carboxylic acids is 1. The molecule has 2 aromatic heterocycles. The van der Waals surface area contributed by atoms with Crippen molar-refractivity contribution in [1.29, 1.82) is 0 Å². The van der Waals surface area contributed by atoms with E-state index in [-0.39, 0.29) is 11.7 Å². The molecule has 1 aliphatic rings. The number of pyridine rings is 1. The van der Waals surface area contributed by atoms with Crippen LogP contribution in [-0.4, -0.2) is 45.0 Å². The van der Waals surface area contributed by atoms with Crippen molar-refractivity contribution in [3.05, 3.63) is 48.3 Å². The molecular weight excluding hydrogens is 372 g/mol. The highest BCUT2D eigenvalue weighted by molar-refractivity contribution is 7.99. The summed E-state index contributed by atoms with van der Waals surface area (Å²) < 4.78 is 2.02. The van der Waals surface area contributed by atoms with Crippen LogP contribution in [0.2, 0.25) is 0 Å². The Labute approximate surface area is 168 Å². The molecule has 4 rings (SSSR count). The van der Waals surface area contributed by atoms with Crippen molar-refractivity contribution in [2.45, 2.75) is 25.0 Å². The van der Waals surface area contributed by atoms with Crippen molar-refractivity contribution in [3.63, 3.8) is 0 Å². The summed E-state index contributed by atoms with van der Waals surface area (Å²) in [6.07, 6.45) is 4.49. The number of anilines is 2. The van der Waals surface area contributed by atoms with Gasteiger partial charge in [-0.3, -0.25) is 9.78 Å². The van der Waals surface area contributed by atoms with Crippen LogP contribution in [0, 0.1) is 0 Å². The maximum absolute atomic E-state index is 12.6. The quantitative estimate of drug-likeness (QED) is 0.648. The number of para-hydroxylation sites is 1. The second kappa shape index (κ2) is 8.02. The molecule has 0 aliphatic carbocycles. The molecule has 3 aromatic rings. The van der Waals surface area contributed by atoms with Gasteiger partial charge in [0, 0.05) is 38.1 Å². The number of benzene rings is 1. The number of hydrogen-bond acceptors (Lipinski definition) is 6. The lowest BCUT2D eigenvalue weighted by atomic mass is 10.1. The molecule has 1 amide bonds. The number of nitrogens with one attached hydrogen (secondary N) is 1. The third kappa shape index (κ3) is 3.60. The van der Waals surface area contributed by atoms with Gasteiger partial charge in [-0.1, -0.05) is 23.9 Å². The molecule has 0 atom stereocenters. The van der Waals surface area contributed by atoms with E-state index in [2.05, 4.69) is 38.5 Å². The molecule has 0 saturated heterocycles. The van der Waals surface area contributed by atoms with E-state index in [9.17, 15) is 4.79 Å². The maximum atomic E-state index is 12.6. The van der Waals surface area contributed by atoms with Gasteiger partial charge in [0.15, 0.2) is 11.0 Å². The van der Waals surface area contributed by atoms with E-state index in [4.69, 9.17) is 0 Å². The Bertz CT molecular complexity index is 988. The van der Waals surface area contributed by atoms with Gasteiger partial charge < -0.3 is 14.8 Å². The van der Waals surface area contributed by atoms with Crippen LogP contribution in [0.1, 0.15) is 12.5 Å². The number of fused-ring (bicyclic) bond motifs is 1. The first-order valence-electron chi connectivity index (χ1n) is 9.26. The molecule has 8 heteroatoms. The lowest BCUT2D eigenvalue weighted by Gasteiger charge is -2.17. The fraction of sp³-hybridized carbons (Fsp3) is 0.300. The SMILES string of the molecule is CCn1c(SCC(=O)Nc2cccc3c2N(C)CC3)nnc1-c1ccncc1. The minimum atomic E-state index is -0.0465. The highest BCUT2D eigenvalue weighted by atomic mass is 32.2. The number of nitrogens with zero attached hydrogens (tertiary/aromatic N) is 5. The van der Waals surface area contributed by atoms with Crippen molar-refractivity contribution in [1.82, 2.24) is 19.7 Å². The molecule has 7 nitrogen and oxygen atoms in total. The monoisotopic (exact) mass is 394 g/mol. The molecule has 1 N–H and O–H groups in total. The number of aromatic nitrogens is 4. The predicted octanol–water partition coefficient (Wildman–Crippen LogP) is 3.08. The van der Waals surface area contributed by atoms with Crippen LogP contribution in [-0.2, 0) is 17.8 Å². The molecule has 0 fully saturated rings. The number of carbonyl (C=O) groups is 1. The smallest absolute Gasteiger partial charge is 0.234 e. The van der Waals surface area contributed by atoms with Gasteiger partial charge in [0.05, 0.1) is 17.1 Å². The first-order valence-corrected chi connectivity index (χ1v) is 10.2. The van der Waals surface area contributed by atoms with Crippen LogP contribution < -0.4 is 10.2 Å². The third-order valence-electron chi connectivity index (χ3n) is 4.80. The van der Waals surface area contributed by atoms with Crippen LogP contribution in [0.5, 0.6) is 0 Å². The van der Waals surface area contributed by atoms with Gasteiger partial charge in [-0.25, -0.2) is 0 Å². The summed E-state index contributed by atoms with van der Waals surface area (Å²) in [5, 5.41) is 12.4. The van der Waals surface area contributed by atoms with E-state index in [0.29, 0.717) is 0 Å². The average molecular weight is 395 g/mol. The predicted molar refractivity (Wildman–Crippen MR) is 112 cm³/mol. The van der Waals surface area contributed by atoms with Crippen LogP contribution >= 0.6 is 11.8 Å². The number of amides is 1. The summed E-state index contributed by atoms with van der Waals surface area (Å²) in [5.74, 6) is 1.02. The molecule has 0 radical (unpaired) electrons. The second-order valence-electron chi connectivity index (χ2n) is 6.61. The second-order valence-corrected chi connectivity index (χ2v) is 7.55. The summed E-state index contributed by atoms with van der Waals surface area (Å²) in [6, 6.07) is 9.88. The summed E-state index contributed by atoms with van der Waals surface area (Å²) in [4.78, 5) is 18.8. The van der Waals surface area contributed by atoms with Crippen molar-refractivity contribution in [2.24, 2.45) is 0 Å². The molecule has 28 heavy (non-hydrogen) atoms. The van der Waals surface area contributed by atoms with Crippen molar-refractivity contribution in [3.8, 4) is 11.4 Å². The molecule has 1 aromatic carbocycles. The van der Waals surface area contributed by atoms with E-state index in [1.54, 1.807) is 12.4 Å². The fourth-order valence-corrected chi connectivity index (χ4v) is 4.26. The first kappa shape index (κ1) is 18.5. The van der Waals surface area contributed by atoms with Gasteiger partial charge in [-0.15, -0.1) is 10.2 Å². The van der Waals surface area contributed by atoms with Gasteiger partial charge in [0.1, 0.15) is 0 Å². The molecule has 0 bridgehead atoms. The van der Waals surface area contributed by atoms with E-state index in [1.807, 2.05) is 35.8 Å². The number of thioether (sulfide) groups is 1. The van der Waals surface area contributed by atoms with E-state index in [0.717, 1.165) is 47.4 Å². The largest absolute Gasteiger partial charge is 0.372 e. The van der Waals surface area contributed by atoms with Crippen molar-refractivity contribution >= 4 is 29.0 Å². The minimum Gasteiger partial charge on any atom is -0.372 e. The van der Waals surface area contributed by atoms with Crippen LogP contribution in [0.3, 0.4) is 0 Å². The summed E-state index contributed by atoms with van der Waals surface area (Å²) >= 11 is 1.40. The molecule has 0 unspecified atom stereocenters. The molecule has 3 heterocycles. The van der Waals surface area contributed by atoms with E-state index < -0.39 is 0 Å². The Morgan fingerprint density at radius 1 is 1.21 bits per heavy atom. The highest BCUT2D eigenvalue weighted by Crippen LogP contribution is 2.34. The molecule has 144 valence electrons. The van der Waals surface area contributed by atoms with Gasteiger partial charge in [0.2, 0.25) is 5.91 Å². The number of rotatable bonds is 6. The summed E-state index contributed by atoms with van der Waals surface area (Å²) in [5.41, 5.74) is 4.24. The topological polar surface area (TPSA) is 75.9 Å². The van der Waals surface area contributed by atoms with Crippen molar-refractivity contribution in [2.75, 3.05) is 29.6 Å². The summed E-state index contributed by atoms with van der Waals surface area (Å²) in [6.45, 7) is 3.75. The highest BCUT2D eigenvalue weighted by Gasteiger charge is 2.20. The zero-order chi connectivity index (χ0) is 19.5. The molecule has 1 aliphatic heterocycles. The average Bonchev–Trinajstić information content (AvgIpc) is 3.31. The van der Waals surface area contributed by atoms with Gasteiger partial charge in [-0.2, -0.15) is 0 Å². The zero-order valence-corrected chi connectivity index (χ0v) is 16.7. The Hall–Kier alpha value is -2.87. The van der Waals surface area contributed by atoms with Crippen LogP contribution in [0.15, 0.2) is 47.9 Å². The van der Waals surface area contributed by atoms with Gasteiger partial charge >= 0.3 is 0 Å². The Morgan fingerprint density at radius 3 is 2.82 bits per heavy atom. The molecular formula is C20H22N6OS. The standard InChI is InChI=1S/C20H22N6OS/c1-3-26-19(15-7-10-21-11-8-15)23-24-20(26)28-13-17(27)22-16-6-4-5-14-9-12-25(2)18(14)16/h4-8,10-11H,3,9,12-13H2,1-2H3,(H,22,27). The first-order chi connectivity index (χ1) is 13.7. The number of likely N-dealkylation sites (N-methyl/N-ethyl adjacent to an activating group) is 1. The van der Waals surface area contributed by atoms with Gasteiger partial charge in [0.25, 0.3) is 0 Å².